The van der Waals surface area contributed by atoms with Crippen molar-refractivity contribution in [3.63, 3.8) is 0 Å². The van der Waals surface area contributed by atoms with E-state index in [1.807, 2.05) is 24.3 Å². The summed E-state index contributed by atoms with van der Waals surface area (Å²) < 4.78 is 40.0. The van der Waals surface area contributed by atoms with Crippen LogP contribution in [0.3, 0.4) is 0 Å². The van der Waals surface area contributed by atoms with Gasteiger partial charge >= 0.3 is 0 Å². The molecular weight excluding hydrogens is 516 g/mol. The quantitative estimate of drug-likeness (QED) is 0.387. The van der Waals surface area contributed by atoms with Crippen molar-refractivity contribution >= 4 is 15.7 Å². The Hall–Kier alpha value is -3.56. The van der Waals surface area contributed by atoms with Crippen LogP contribution in [0.1, 0.15) is 27.4 Å². The molecule has 9 heteroatoms. The minimum atomic E-state index is -3.40. The van der Waals surface area contributed by atoms with Crippen molar-refractivity contribution in [1.29, 1.82) is 0 Å². The van der Waals surface area contributed by atoms with Crippen molar-refractivity contribution in [3.05, 3.63) is 83.4 Å². The van der Waals surface area contributed by atoms with Gasteiger partial charge in [-0.1, -0.05) is 24.3 Å². The van der Waals surface area contributed by atoms with E-state index in [0.717, 1.165) is 43.6 Å². The Morgan fingerprint density at radius 2 is 1.67 bits per heavy atom. The zero-order chi connectivity index (χ0) is 28.0. The second-order valence-electron chi connectivity index (χ2n) is 9.85. The van der Waals surface area contributed by atoms with Gasteiger partial charge in [0, 0.05) is 43.9 Å². The lowest BCUT2D eigenvalue weighted by molar-refractivity contribution is 0.0946. The van der Waals surface area contributed by atoms with Gasteiger partial charge in [0.15, 0.2) is 21.3 Å². The third-order valence-electron chi connectivity index (χ3n) is 7.27. The maximum absolute atomic E-state index is 13.0. The monoisotopic (exact) mass is 552 g/mol. The van der Waals surface area contributed by atoms with E-state index in [0.29, 0.717) is 23.6 Å². The third kappa shape index (κ3) is 7.10. The van der Waals surface area contributed by atoms with Crippen LogP contribution < -0.4 is 19.5 Å². The number of nitrogens with one attached hydrogen (secondary N) is 1. The summed E-state index contributed by atoms with van der Waals surface area (Å²) >= 11 is 0. The molecule has 0 radical (unpaired) electrons. The topological polar surface area (TPSA) is 94.2 Å². The highest BCUT2D eigenvalue weighted by Crippen LogP contribution is 2.34. The van der Waals surface area contributed by atoms with Crippen molar-refractivity contribution < 1.29 is 27.4 Å². The van der Waals surface area contributed by atoms with E-state index in [1.165, 1.54) is 17.7 Å². The SMILES string of the molecule is COc1ccc([C@H]2CN(CCc3ccc(OC)c(OC)c3)C[C@@H]2CNC(=O)c2cccc(S(C)(=O)=O)c2)cc1. The summed E-state index contributed by atoms with van der Waals surface area (Å²) in [7, 11) is 1.52. The van der Waals surface area contributed by atoms with Crippen molar-refractivity contribution in [2.75, 3.05) is 53.8 Å². The van der Waals surface area contributed by atoms with Gasteiger partial charge in [-0.15, -0.1) is 0 Å². The molecule has 0 saturated carbocycles. The molecule has 1 heterocycles. The van der Waals surface area contributed by atoms with E-state index in [-0.39, 0.29) is 22.6 Å². The maximum atomic E-state index is 13.0. The number of hydrogen-bond donors (Lipinski definition) is 1. The minimum Gasteiger partial charge on any atom is -0.497 e. The molecule has 39 heavy (non-hydrogen) atoms. The van der Waals surface area contributed by atoms with Crippen LogP contribution in [0.2, 0.25) is 0 Å². The molecule has 0 aliphatic carbocycles. The highest BCUT2D eigenvalue weighted by Gasteiger charge is 2.34. The largest absolute Gasteiger partial charge is 0.497 e. The molecule has 3 aromatic carbocycles. The predicted molar refractivity (Wildman–Crippen MR) is 151 cm³/mol. The lowest BCUT2D eigenvalue weighted by Gasteiger charge is -2.20. The number of carbonyl (C=O) groups excluding carboxylic acids is 1. The van der Waals surface area contributed by atoms with E-state index in [2.05, 4.69) is 28.4 Å². The highest BCUT2D eigenvalue weighted by molar-refractivity contribution is 7.90. The van der Waals surface area contributed by atoms with Crippen LogP contribution in [0.4, 0.5) is 0 Å². The number of likely N-dealkylation sites (tertiary alicyclic amines) is 1. The number of ether oxygens (including phenoxy) is 3. The van der Waals surface area contributed by atoms with E-state index in [4.69, 9.17) is 14.2 Å². The Morgan fingerprint density at radius 3 is 2.33 bits per heavy atom. The Bertz CT molecular complexity index is 1390. The van der Waals surface area contributed by atoms with Crippen LogP contribution in [0.25, 0.3) is 0 Å². The molecule has 0 bridgehead atoms. The molecule has 1 fully saturated rings. The van der Waals surface area contributed by atoms with Crippen LogP contribution in [0.15, 0.2) is 71.6 Å². The van der Waals surface area contributed by atoms with E-state index >= 15 is 0 Å². The number of amides is 1. The van der Waals surface area contributed by atoms with Crippen LogP contribution in [-0.4, -0.2) is 73.0 Å². The predicted octanol–water partition coefficient (Wildman–Crippen LogP) is 3.80. The fourth-order valence-electron chi connectivity index (χ4n) is 5.10. The molecule has 1 aliphatic heterocycles. The molecule has 208 valence electrons. The van der Waals surface area contributed by atoms with Crippen LogP contribution in [0.5, 0.6) is 17.2 Å². The number of carbonyl (C=O) groups is 1. The Morgan fingerprint density at radius 1 is 0.923 bits per heavy atom. The molecule has 0 spiro atoms. The van der Waals surface area contributed by atoms with E-state index in [9.17, 15) is 13.2 Å². The second-order valence-corrected chi connectivity index (χ2v) is 11.9. The smallest absolute Gasteiger partial charge is 0.251 e. The first kappa shape index (κ1) is 28.4. The molecule has 0 aromatic heterocycles. The number of benzene rings is 3. The summed E-state index contributed by atoms with van der Waals surface area (Å²) in [6.07, 6.45) is 1.99. The lowest BCUT2D eigenvalue weighted by atomic mass is 9.89. The van der Waals surface area contributed by atoms with Gasteiger partial charge in [0.1, 0.15) is 5.75 Å². The summed E-state index contributed by atoms with van der Waals surface area (Å²) in [5.41, 5.74) is 2.70. The molecule has 1 N–H and O–H groups in total. The Labute approximate surface area is 230 Å². The summed E-state index contributed by atoms with van der Waals surface area (Å²) in [6, 6.07) is 20.3. The molecule has 1 saturated heterocycles. The van der Waals surface area contributed by atoms with Crippen LogP contribution in [-0.2, 0) is 16.3 Å². The third-order valence-corrected chi connectivity index (χ3v) is 8.38. The van der Waals surface area contributed by atoms with Crippen LogP contribution in [0, 0.1) is 5.92 Å². The van der Waals surface area contributed by atoms with E-state index < -0.39 is 9.84 Å². The number of sulfone groups is 1. The fourth-order valence-corrected chi connectivity index (χ4v) is 5.76. The first-order chi connectivity index (χ1) is 18.7. The van der Waals surface area contributed by atoms with Gasteiger partial charge in [-0.2, -0.15) is 0 Å². The van der Waals surface area contributed by atoms with Crippen molar-refractivity contribution in [1.82, 2.24) is 10.2 Å². The minimum absolute atomic E-state index is 0.133. The van der Waals surface area contributed by atoms with Gasteiger partial charge in [-0.3, -0.25) is 4.79 Å². The number of hydrogen-bond acceptors (Lipinski definition) is 7. The van der Waals surface area contributed by atoms with Crippen LogP contribution >= 0.6 is 0 Å². The Kier molecular flexibility index (Phi) is 9.14. The fraction of sp³-hybridized carbons (Fsp3) is 0.367. The van der Waals surface area contributed by atoms with Gasteiger partial charge in [0.05, 0.1) is 26.2 Å². The molecule has 0 unspecified atom stereocenters. The average molecular weight is 553 g/mol. The summed E-state index contributed by atoms with van der Waals surface area (Å²) in [5.74, 6) is 2.36. The molecule has 4 rings (SSSR count). The number of methoxy groups -OCH3 is 3. The summed E-state index contributed by atoms with van der Waals surface area (Å²) in [5, 5.41) is 3.05. The summed E-state index contributed by atoms with van der Waals surface area (Å²) in [6.45, 7) is 3.03. The first-order valence-corrected chi connectivity index (χ1v) is 14.8. The van der Waals surface area contributed by atoms with Gasteiger partial charge in [-0.05, 0) is 65.9 Å². The van der Waals surface area contributed by atoms with Crippen molar-refractivity contribution in [2.45, 2.75) is 17.2 Å². The zero-order valence-electron chi connectivity index (χ0n) is 22.8. The standard InChI is InChI=1S/C30H36N2O6S/c1-36-25-11-9-22(10-12-25)27-20-32(15-14-21-8-13-28(37-2)29(16-21)38-3)19-24(27)18-31-30(33)23-6-5-7-26(17-23)39(4,34)35/h5-13,16-17,24,27H,14-15,18-20H2,1-4H3,(H,31,33)/t24-,27+/m0/s1. The number of rotatable bonds is 11. The second kappa shape index (κ2) is 12.5. The van der Waals surface area contributed by atoms with Crippen molar-refractivity contribution in [2.24, 2.45) is 5.92 Å². The zero-order valence-corrected chi connectivity index (χ0v) is 23.7. The van der Waals surface area contributed by atoms with Crippen molar-refractivity contribution in [3.8, 4) is 17.2 Å². The number of nitrogens with zero attached hydrogens (tertiary/aromatic N) is 1. The highest BCUT2D eigenvalue weighted by atomic mass is 32.2. The normalized spacial score (nSPS) is 17.5. The molecule has 3 aromatic rings. The maximum Gasteiger partial charge on any atom is 0.251 e. The van der Waals surface area contributed by atoms with Gasteiger partial charge in [-0.25, -0.2) is 8.42 Å². The molecule has 1 amide bonds. The molecular formula is C30H36N2O6S. The van der Waals surface area contributed by atoms with Gasteiger partial charge < -0.3 is 24.4 Å². The average Bonchev–Trinajstić information content (AvgIpc) is 3.37. The van der Waals surface area contributed by atoms with E-state index in [1.54, 1.807) is 33.5 Å². The summed E-state index contributed by atoms with van der Waals surface area (Å²) in [4.78, 5) is 15.5. The first-order valence-electron chi connectivity index (χ1n) is 12.9. The lowest BCUT2D eigenvalue weighted by Crippen LogP contribution is -2.32. The molecule has 2 atom stereocenters. The molecule has 8 nitrogen and oxygen atoms in total. The van der Waals surface area contributed by atoms with Gasteiger partial charge in [0.25, 0.3) is 5.91 Å². The Balaban J connectivity index is 1.46. The van der Waals surface area contributed by atoms with Gasteiger partial charge in [0.2, 0.25) is 0 Å². The molecule has 1 aliphatic rings.